The molecule has 1 aliphatic rings. The van der Waals surface area contributed by atoms with Crippen molar-refractivity contribution in [3.05, 3.63) is 52.0 Å². The second-order valence-corrected chi connectivity index (χ2v) is 7.18. The highest BCUT2D eigenvalue weighted by Gasteiger charge is 2.25. The molecular weight excluding hydrogens is 325 g/mol. The van der Waals surface area contributed by atoms with Crippen LogP contribution in [0, 0.1) is 18.7 Å². The molecule has 0 bridgehead atoms. The van der Waals surface area contributed by atoms with Crippen LogP contribution in [0.5, 0.6) is 5.75 Å². The van der Waals surface area contributed by atoms with Crippen LogP contribution in [-0.2, 0) is 0 Å². The molecule has 2 heterocycles. The van der Waals surface area contributed by atoms with E-state index in [1.807, 2.05) is 23.3 Å². The molecule has 1 aromatic carbocycles. The molecule has 0 radical (unpaired) electrons. The Balaban J connectivity index is 1.41. The van der Waals surface area contributed by atoms with Gasteiger partial charge in [-0.3, -0.25) is 4.79 Å². The lowest BCUT2D eigenvalue weighted by Gasteiger charge is -2.32. The summed E-state index contributed by atoms with van der Waals surface area (Å²) >= 11 is 1.53. The first-order chi connectivity index (χ1) is 11.6. The smallest absolute Gasteiger partial charge is 0.264 e. The Bertz CT molecular complexity index is 675. The number of likely N-dealkylation sites (tertiary alicyclic amines) is 1. The summed E-state index contributed by atoms with van der Waals surface area (Å²) in [6, 6.07) is 8.12. The summed E-state index contributed by atoms with van der Waals surface area (Å²) in [7, 11) is 0. The monoisotopic (exact) mass is 347 g/mol. The lowest BCUT2D eigenvalue weighted by Crippen LogP contribution is -2.38. The maximum atomic E-state index is 12.8. The third-order valence-corrected chi connectivity index (χ3v) is 5.57. The van der Waals surface area contributed by atoms with Gasteiger partial charge in [0.05, 0.1) is 11.5 Å². The first kappa shape index (κ1) is 17.0. The van der Waals surface area contributed by atoms with Crippen LogP contribution in [0.1, 0.15) is 34.5 Å². The molecule has 128 valence electrons. The van der Waals surface area contributed by atoms with Gasteiger partial charge in [0.15, 0.2) is 0 Å². The van der Waals surface area contributed by atoms with E-state index in [4.69, 9.17) is 4.74 Å². The van der Waals surface area contributed by atoms with Crippen molar-refractivity contribution in [2.24, 2.45) is 5.92 Å². The Kier molecular flexibility index (Phi) is 5.51. The van der Waals surface area contributed by atoms with Crippen LogP contribution in [0.15, 0.2) is 35.7 Å². The molecular formula is C19H22FNO2S. The van der Waals surface area contributed by atoms with Crippen molar-refractivity contribution in [2.75, 3.05) is 19.7 Å². The summed E-state index contributed by atoms with van der Waals surface area (Å²) in [4.78, 5) is 15.3. The minimum Gasteiger partial charge on any atom is -0.494 e. The highest BCUT2D eigenvalue weighted by atomic mass is 32.1. The quantitative estimate of drug-likeness (QED) is 0.796. The maximum Gasteiger partial charge on any atom is 0.264 e. The zero-order valence-corrected chi connectivity index (χ0v) is 14.7. The molecule has 0 spiro atoms. The molecule has 0 unspecified atom stereocenters. The van der Waals surface area contributed by atoms with Crippen LogP contribution in [-0.4, -0.2) is 30.5 Å². The zero-order valence-electron chi connectivity index (χ0n) is 13.8. The third-order valence-electron chi connectivity index (χ3n) is 4.57. The van der Waals surface area contributed by atoms with Gasteiger partial charge >= 0.3 is 0 Å². The van der Waals surface area contributed by atoms with Crippen molar-refractivity contribution in [2.45, 2.75) is 26.2 Å². The lowest BCUT2D eigenvalue weighted by molar-refractivity contribution is 0.0684. The molecule has 0 saturated carbocycles. The number of ether oxygens (including phenoxy) is 1. The molecule has 2 aromatic rings. The number of nitrogens with zero attached hydrogens (tertiary/aromatic N) is 1. The van der Waals surface area contributed by atoms with Crippen LogP contribution < -0.4 is 4.74 Å². The van der Waals surface area contributed by atoms with Crippen LogP contribution in [0.3, 0.4) is 0 Å². The number of piperidine rings is 1. The van der Waals surface area contributed by atoms with Crippen molar-refractivity contribution in [3.63, 3.8) is 0 Å². The summed E-state index contributed by atoms with van der Waals surface area (Å²) in [5, 5.41) is 1.97. The first-order valence-corrected chi connectivity index (χ1v) is 9.23. The number of rotatable bonds is 5. The SMILES string of the molecule is Cc1ccsc1C(=O)N1CCC(CCOc2ccc(F)cc2)CC1. The number of hydrogen-bond donors (Lipinski definition) is 0. The molecule has 5 heteroatoms. The Morgan fingerprint density at radius 3 is 2.58 bits per heavy atom. The molecule has 1 aliphatic heterocycles. The van der Waals surface area contributed by atoms with Crippen molar-refractivity contribution >= 4 is 17.2 Å². The van der Waals surface area contributed by atoms with Gasteiger partial charge in [-0.2, -0.15) is 0 Å². The van der Waals surface area contributed by atoms with Crippen LogP contribution in [0.25, 0.3) is 0 Å². The summed E-state index contributed by atoms with van der Waals surface area (Å²) in [6.07, 6.45) is 3.00. The number of hydrogen-bond acceptors (Lipinski definition) is 3. The fraction of sp³-hybridized carbons (Fsp3) is 0.421. The van der Waals surface area contributed by atoms with Gasteiger partial charge in [0.2, 0.25) is 0 Å². The average molecular weight is 347 g/mol. The highest BCUT2D eigenvalue weighted by molar-refractivity contribution is 7.12. The van der Waals surface area contributed by atoms with E-state index in [-0.39, 0.29) is 11.7 Å². The van der Waals surface area contributed by atoms with Crippen LogP contribution >= 0.6 is 11.3 Å². The highest BCUT2D eigenvalue weighted by Crippen LogP contribution is 2.25. The van der Waals surface area contributed by atoms with E-state index in [0.717, 1.165) is 42.8 Å². The Labute approximate surface area is 146 Å². The van der Waals surface area contributed by atoms with Gasteiger partial charge in [0, 0.05) is 13.1 Å². The van der Waals surface area contributed by atoms with Gasteiger partial charge < -0.3 is 9.64 Å². The third kappa shape index (κ3) is 4.15. The van der Waals surface area contributed by atoms with E-state index in [1.54, 1.807) is 12.1 Å². The topological polar surface area (TPSA) is 29.5 Å². The molecule has 24 heavy (non-hydrogen) atoms. The maximum absolute atomic E-state index is 12.8. The first-order valence-electron chi connectivity index (χ1n) is 8.35. The molecule has 1 saturated heterocycles. The number of amides is 1. The standard InChI is InChI=1S/C19H22FNO2S/c1-14-9-13-24-18(14)19(22)21-10-6-15(7-11-21)8-12-23-17-4-2-16(20)3-5-17/h2-5,9,13,15H,6-8,10-12H2,1H3. The van der Waals surface area contributed by atoms with E-state index in [0.29, 0.717) is 18.3 Å². The molecule has 3 nitrogen and oxygen atoms in total. The molecule has 1 amide bonds. The van der Waals surface area contributed by atoms with E-state index < -0.39 is 0 Å². The summed E-state index contributed by atoms with van der Waals surface area (Å²) in [5.74, 6) is 1.21. The normalized spacial score (nSPS) is 15.5. The molecule has 1 aromatic heterocycles. The number of aryl methyl sites for hydroxylation is 1. The number of carbonyl (C=O) groups excluding carboxylic acids is 1. The Hall–Kier alpha value is -1.88. The summed E-state index contributed by atoms with van der Waals surface area (Å²) < 4.78 is 18.5. The minimum atomic E-state index is -0.250. The second-order valence-electron chi connectivity index (χ2n) is 6.26. The molecule has 0 atom stereocenters. The van der Waals surface area contributed by atoms with Crippen molar-refractivity contribution in [3.8, 4) is 5.75 Å². The number of benzene rings is 1. The molecule has 3 rings (SSSR count). The molecule has 0 N–H and O–H groups in total. The Morgan fingerprint density at radius 2 is 1.96 bits per heavy atom. The van der Waals surface area contributed by atoms with Gasteiger partial charge in [-0.05, 0) is 73.4 Å². The van der Waals surface area contributed by atoms with E-state index in [2.05, 4.69) is 0 Å². The van der Waals surface area contributed by atoms with Crippen molar-refractivity contribution < 1.29 is 13.9 Å². The largest absolute Gasteiger partial charge is 0.494 e. The summed E-state index contributed by atoms with van der Waals surface area (Å²) in [5.41, 5.74) is 1.07. The van der Waals surface area contributed by atoms with Crippen LogP contribution in [0.2, 0.25) is 0 Å². The lowest BCUT2D eigenvalue weighted by atomic mass is 9.94. The van der Waals surface area contributed by atoms with Gasteiger partial charge in [-0.15, -0.1) is 11.3 Å². The van der Waals surface area contributed by atoms with Gasteiger partial charge in [0.1, 0.15) is 11.6 Å². The van der Waals surface area contributed by atoms with E-state index in [1.165, 1.54) is 23.5 Å². The number of halogens is 1. The predicted molar refractivity (Wildman–Crippen MR) is 94.2 cm³/mol. The molecule has 1 fully saturated rings. The zero-order chi connectivity index (χ0) is 16.9. The molecule has 0 aliphatic carbocycles. The Morgan fingerprint density at radius 1 is 1.25 bits per heavy atom. The summed E-state index contributed by atoms with van der Waals surface area (Å²) in [6.45, 7) is 4.26. The fourth-order valence-corrected chi connectivity index (χ4v) is 3.93. The van der Waals surface area contributed by atoms with Gasteiger partial charge in [-0.1, -0.05) is 0 Å². The predicted octanol–water partition coefficient (Wildman–Crippen LogP) is 4.52. The average Bonchev–Trinajstić information content (AvgIpc) is 3.03. The fourth-order valence-electron chi connectivity index (χ4n) is 3.03. The second kappa shape index (κ2) is 7.79. The van der Waals surface area contributed by atoms with E-state index >= 15 is 0 Å². The number of thiophene rings is 1. The minimum absolute atomic E-state index is 0.170. The van der Waals surface area contributed by atoms with Crippen molar-refractivity contribution in [1.29, 1.82) is 0 Å². The van der Waals surface area contributed by atoms with Gasteiger partial charge in [-0.25, -0.2) is 4.39 Å². The van der Waals surface area contributed by atoms with Crippen LogP contribution in [0.4, 0.5) is 4.39 Å². The van der Waals surface area contributed by atoms with Gasteiger partial charge in [0.25, 0.3) is 5.91 Å². The number of carbonyl (C=O) groups is 1. The van der Waals surface area contributed by atoms with E-state index in [9.17, 15) is 9.18 Å². The van der Waals surface area contributed by atoms with Crippen molar-refractivity contribution in [1.82, 2.24) is 4.90 Å².